The van der Waals surface area contributed by atoms with Crippen molar-refractivity contribution in [2.45, 2.75) is 65.2 Å². The molecule has 46 heavy (non-hydrogen) atoms. The second-order valence-electron chi connectivity index (χ2n) is 10.6. The first-order valence-corrected chi connectivity index (χ1v) is 14.8. The summed E-state index contributed by atoms with van der Waals surface area (Å²) in [7, 11) is 1.28. The van der Waals surface area contributed by atoms with Gasteiger partial charge in [-0.1, -0.05) is 44.2 Å². The lowest BCUT2D eigenvalue weighted by Crippen LogP contribution is -2.47. The summed E-state index contributed by atoms with van der Waals surface area (Å²) < 4.78 is 32.1. The van der Waals surface area contributed by atoms with Crippen molar-refractivity contribution in [1.82, 2.24) is 10.3 Å². The topological polar surface area (TPSA) is 183 Å². The number of nitrogens with zero attached hydrogens (tertiary/aromatic N) is 1. The Morgan fingerprint density at radius 3 is 2.37 bits per heavy atom. The molecule has 2 heterocycles. The number of nitrogens with one attached hydrogen (secondary N) is 1. The van der Waals surface area contributed by atoms with E-state index in [0.29, 0.717) is 0 Å². The van der Waals surface area contributed by atoms with Crippen molar-refractivity contribution in [3.05, 3.63) is 53.9 Å². The molecule has 0 radical (unpaired) electrons. The lowest BCUT2D eigenvalue weighted by Gasteiger charge is -2.29. The maximum Gasteiger partial charge on any atom is 0.332 e. The number of benzene rings is 1. The van der Waals surface area contributed by atoms with Crippen LogP contribution in [0.2, 0.25) is 0 Å². The Hall–Kier alpha value is -5.01. The largest absolute Gasteiger partial charge is 0.493 e. The van der Waals surface area contributed by atoms with Crippen LogP contribution >= 0.6 is 0 Å². The summed E-state index contributed by atoms with van der Waals surface area (Å²) in [5.41, 5.74) is 0.327. The van der Waals surface area contributed by atoms with Crippen LogP contribution in [-0.2, 0) is 49.3 Å². The molecule has 3 rings (SSSR count). The highest BCUT2D eigenvalue weighted by Crippen LogP contribution is 2.30. The van der Waals surface area contributed by atoms with Crippen LogP contribution in [0.3, 0.4) is 0 Å². The van der Waals surface area contributed by atoms with Gasteiger partial charge in [0.05, 0.1) is 32.5 Å². The summed E-state index contributed by atoms with van der Waals surface area (Å²) in [4.78, 5) is 80.9. The van der Waals surface area contributed by atoms with E-state index in [9.17, 15) is 28.8 Å². The molecule has 1 aliphatic rings. The molecule has 1 amide bonds. The third kappa shape index (κ3) is 9.74. The molecule has 0 spiro atoms. The van der Waals surface area contributed by atoms with Gasteiger partial charge in [0.25, 0.3) is 5.91 Å². The lowest BCUT2D eigenvalue weighted by atomic mass is 9.91. The number of pyridine rings is 1. The molecule has 1 fully saturated rings. The number of amides is 1. The Kier molecular flexibility index (Phi) is 13.0. The van der Waals surface area contributed by atoms with Crippen LogP contribution in [0.4, 0.5) is 0 Å². The van der Waals surface area contributed by atoms with Crippen LogP contribution in [0.25, 0.3) is 0 Å². The van der Waals surface area contributed by atoms with E-state index in [-0.39, 0.29) is 37.4 Å². The van der Waals surface area contributed by atoms with Crippen LogP contribution in [0, 0.1) is 11.8 Å². The first-order valence-electron chi connectivity index (χ1n) is 14.8. The van der Waals surface area contributed by atoms with Gasteiger partial charge >= 0.3 is 29.8 Å². The van der Waals surface area contributed by atoms with Crippen LogP contribution in [0.15, 0.2) is 42.6 Å². The van der Waals surface area contributed by atoms with Crippen LogP contribution < -0.4 is 14.8 Å². The number of esters is 5. The average molecular weight is 643 g/mol. The van der Waals surface area contributed by atoms with Crippen molar-refractivity contribution in [2.75, 3.05) is 20.3 Å². The normalized spacial score (nSPS) is 19.8. The van der Waals surface area contributed by atoms with E-state index in [4.69, 9.17) is 28.4 Å². The SMILES string of the molecule is CCOC(=O)CCC(=O)Oc1c(OC)ccnc1C(=O)N[C@H]1COC(=O)[C@H](Cc2ccccc2)[C@@H](OC(=O)C(C)C)[C@H](C)OC1=O. The highest BCUT2D eigenvalue weighted by molar-refractivity contribution is 5.99. The van der Waals surface area contributed by atoms with Gasteiger partial charge in [-0.15, -0.1) is 0 Å². The summed E-state index contributed by atoms with van der Waals surface area (Å²) >= 11 is 0. The molecule has 1 aromatic heterocycles. The minimum absolute atomic E-state index is 0.0275. The smallest absolute Gasteiger partial charge is 0.332 e. The number of aromatic nitrogens is 1. The Labute approximate surface area is 266 Å². The summed E-state index contributed by atoms with van der Waals surface area (Å²) in [6.45, 7) is 5.88. The highest BCUT2D eigenvalue weighted by Gasteiger charge is 2.42. The Balaban J connectivity index is 1.85. The first kappa shape index (κ1) is 35.5. The number of ether oxygens (including phenoxy) is 6. The molecule has 2 aromatic rings. The molecule has 4 atom stereocenters. The molecule has 0 unspecified atom stereocenters. The number of hydrogen-bond donors (Lipinski definition) is 1. The van der Waals surface area contributed by atoms with Gasteiger partial charge in [0.2, 0.25) is 5.75 Å². The molecule has 14 heteroatoms. The number of carbonyl (C=O) groups is 6. The molecular weight excluding hydrogens is 604 g/mol. The van der Waals surface area contributed by atoms with E-state index in [2.05, 4.69) is 10.3 Å². The summed E-state index contributed by atoms with van der Waals surface area (Å²) in [5.74, 6) is -6.77. The second kappa shape index (κ2) is 16.9. The minimum Gasteiger partial charge on any atom is -0.493 e. The fourth-order valence-corrected chi connectivity index (χ4v) is 4.43. The van der Waals surface area contributed by atoms with Crippen LogP contribution in [-0.4, -0.2) is 79.3 Å². The zero-order valence-corrected chi connectivity index (χ0v) is 26.3. The molecule has 14 nitrogen and oxygen atoms in total. The average Bonchev–Trinajstić information content (AvgIpc) is 3.06. The number of cyclic esters (lactones) is 2. The standard InChI is InChI=1S/C32H38N2O12/c1-6-42-24(35)12-13-25(36)45-28-23(41-5)14-15-33-26(28)29(37)34-22-17-43-31(39)21(16-20-10-8-7-9-11-20)27(19(4)44-32(22)40)46-30(38)18(2)3/h7-11,14-15,18-19,21-22,27H,6,12-13,16-17H2,1-5H3,(H,34,37)/t19-,21+,22-,27-/m0/s1. The van der Waals surface area contributed by atoms with Crippen LogP contribution in [0.5, 0.6) is 11.5 Å². The number of methoxy groups -OCH3 is 1. The predicted octanol–water partition coefficient (Wildman–Crippen LogP) is 2.35. The predicted molar refractivity (Wildman–Crippen MR) is 158 cm³/mol. The van der Waals surface area contributed by atoms with Crippen molar-refractivity contribution in [1.29, 1.82) is 0 Å². The molecular formula is C32H38N2O12. The quantitative estimate of drug-likeness (QED) is 0.263. The van der Waals surface area contributed by atoms with Gasteiger partial charge in [-0.25, -0.2) is 9.78 Å². The van der Waals surface area contributed by atoms with Crippen LogP contribution in [0.1, 0.15) is 56.6 Å². The molecule has 1 saturated heterocycles. The van der Waals surface area contributed by atoms with Gasteiger partial charge in [-0.05, 0) is 25.8 Å². The zero-order valence-electron chi connectivity index (χ0n) is 26.3. The van der Waals surface area contributed by atoms with E-state index in [1.165, 1.54) is 26.3 Å². The number of rotatable bonds is 12. The Morgan fingerprint density at radius 2 is 1.72 bits per heavy atom. The summed E-state index contributed by atoms with van der Waals surface area (Å²) in [5, 5.41) is 2.41. The van der Waals surface area contributed by atoms with E-state index in [1.54, 1.807) is 45.0 Å². The molecule has 248 valence electrons. The fraction of sp³-hybridized carbons (Fsp3) is 0.469. The fourth-order valence-electron chi connectivity index (χ4n) is 4.43. The maximum absolute atomic E-state index is 13.4. The van der Waals surface area contributed by atoms with Crippen molar-refractivity contribution >= 4 is 35.8 Å². The van der Waals surface area contributed by atoms with Gasteiger partial charge in [0.1, 0.15) is 18.6 Å². The van der Waals surface area contributed by atoms with Crippen molar-refractivity contribution in [3.8, 4) is 11.5 Å². The number of carbonyl (C=O) groups excluding carboxylic acids is 6. The van der Waals surface area contributed by atoms with Crippen molar-refractivity contribution in [3.63, 3.8) is 0 Å². The molecule has 1 aromatic carbocycles. The lowest BCUT2D eigenvalue weighted by molar-refractivity contribution is -0.176. The third-order valence-electron chi connectivity index (χ3n) is 6.83. The third-order valence-corrected chi connectivity index (χ3v) is 6.83. The van der Waals surface area contributed by atoms with Gasteiger partial charge in [0.15, 0.2) is 23.6 Å². The zero-order chi connectivity index (χ0) is 33.8. The van der Waals surface area contributed by atoms with Crippen molar-refractivity contribution in [2.24, 2.45) is 11.8 Å². The summed E-state index contributed by atoms with van der Waals surface area (Å²) in [6.07, 6.45) is -1.58. The first-order chi connectivity index (χ1) is 21.9. The maximum atomic E-state index is 13.4. The van der Waals surface area contributed by atoms with E-state index in [0.717, 1.165) is 5.56 Å². The van der Waals surface area contributed by atoms with Crippen molar-refractivity contribution < 1.29 is 57.2 Å². The van der Waals surface area contributed by atoms with Gasteiger partial charge in [0, 0.05) is 12.3 Å². The van der Waals surface area contributed by atoms with Gasteiger partial charge < -0.3 is 33.7 Å². The van der Waals surface area contributed by atoms with Gasteiger partial charge in [-0.2, -0.15) is 0 Å². The highest BCUT2D eigenvalue weighted by atomic mass is 16.6. The number of hydrogen-bond acceptors (Lipinski definition) is 13. The Morgan fingerprint density at radius 1 is 1.02 bits per heavy atom. The molecule has 0 saturated carbocycles. The molecule has 1 aliphatic heterocycles. The monoisotopic (exact) mass is 642 g/mol. The second-order valence-corrected chi connectivity index (χ2v) is 10.6. The minimum atomic E-state index is -1.52. The summed E-state index contributed by atoms with van der Waals surface area (Å²) in [6, 6.07) is 8.81. The Bertz CT molecular complexity index is 1410. The van der Waals surface area contributed by atoms with E-state index >= 15 is 0 Å². The van der Waals surface area contributed by atoms with E-state index < -0.39 is 78.1 Å². The molecule has 0 bridgehead atoms. The van der Waals surface area contributed by atoms with Gasteiger partial charge in [-0.3, -0.25) is 24.0 Å². The van der Waals surface area contributed by atoms with E-state index in [1.807, 2.05) is 6.07 Å². The molecule has 0 aliphatic carbocycles. The molecule has 1 N–H and O–H groups in total.